The summed E-state index contributed by atoms with van der Waals surface area (Å²) in [5.41, 5.74) is 2.41. The quantitative estimate of drug-likeness (QED) is 0.590. The maximum Gasteiger partial charge on any atom is 0.226 e. The molecule has 0 radical (unpaired) electrons. The first-order valence-electron chi connectivity index (χ1n) is 9.29. The zero-order valence-electron chi connectivity index (χ0n) is 15.2. The van der Waals surface area contributed by atoms with Crippen LogP contribution in [0.4, 0.5) is 17.5 Å². The van der Waals surface area contributed by atoms with E-state index < -0.39 is 6.10 Å². The van der Waals surface area contributed by atoms with Crippen LogP contribution in [0.2, 0.25) is 5.02 Å². The number of hydrogen-bond acceptors (Lipinski definition) is 6. The van der Waals surface area contributed by atoms with Crippen molar-refractivity contribution < 1.29 is 5.11 Å². The molecule has 27 heavy (non-hydrogen) atoms. The highest BCUT2D eigenvalue weighted by atomic mass is 35.5. The van der Waals surface area contributed by atoms with Gasteiger partial charge in [0.05, 0.1) is 12.4 Å². The minimum Gasteiger partial charge on any atom is -0.392 e. The monoisotopic (exact) mass is 386 g/mol. The van der Waals surface area contributed by atoms with E-state index in [9.17, 15) is 5.11 Å². The number of nitrogens with one attached hydrogen (secondary N) is 2. The van der Waals surface area contributed by atoms with Crippen LogP contribution in [0.25, 0.3) is 11.2 Å². The standard InChI is InChI=1S/C19H23ClN6O/c1-12(27)10-21-19-24-17(23-14-8-6-13(20)7-9-14)16-18(25-19)26(11-22-16)15-4-2-3-5-15/h6-9,11-12,15,27H,2-5,10H2,1H3,(H2,21,23,24,25). The third-order valence-electron chi connectivity index (χ3n) is 4.80. The Hall–Kier alpha value is -2.38. The number of imidazole rings is 1. The molecule has 142 valence electrons. The Labute approximate surface area is 162 Å². The molecule has 2 heterocycles. The molecule has 0 amide bonds. The van der Waals surface area contributed by atoms with Gasteiger partial charge in [-0.25, -0.2) is 4.98 Å². The van der Waals surface area contributed by atoms with E-state index in [2.05, 4.69) is 30.2 Å². The average Bonchev–Trinajstić information content (AvgIpc) is 3.31. The van der Waals surface area contributed by atoms with Crippen LogP contribution in [0.15, 0.2) is 30.6 Å². The van der Waals surface area contributed by atoms with Crippen molar-refractivity contribution in [2.24, 2.45) is 0 Å². The number of hydrogen-bond donors (Lipinski definition) is 3. The predicted octanol–water partition coefficient (Wildman–Crippen LogP) is 4.13. The molecule has 1 atom stereocenters. The molecule has 8 heteroatoms. The highest BCUT2D eigenvalue weighted by Crippen LogP contribution is 2.33. The van der Waals surface area contributed by atoms with Crippen molar-refractivity contribution >= 4 is 40.2 Å². The minimum absolute atomic E-state index is 0.378. The molecule has 3 N–H and O–H groups in total. The maximum absolute atomic E-state index is 9.58. The second-order valence-corrected chi connectivity index (χ2v) is 7.46. The normalized spacial score (nSPS) is 16.0. The van der Waals surface area contributed by atoms with Crippen LogP contribution in [0, 0.1) is 0 Å². The molecule has 7 nitrogen and oxygen atoms in total. The molecule has 1 saturated carbocycles. The third-order valence-corrected chi connectivity index (χ3v) is 5.05. The van der Waals surface area contributed by atoms with Crippen molar-refractivity contribution in [3.8, 4) is 0 Å². The lowest BCUT2D eigenvalue weighted by molar-refractivity contribution is 0.208. The van der Waals surface area contributed by atoms with E-state index in [1.165, 1.54) is 12.8 Å². The largest absolute Gasteiger partial charge is 0.392 e. The lowest BCUT2D eigenvalue weighted by atomic mass is 10.2. The smallest absolute Gasteiger partial charge is 0.226 e. The van der Waals surface area contributed by atoms with E-state index in [1.807, 2.05) is 30.6 Å². The fourth-order valence-corrected chi connectivity index (χ4v) is 3.57. The number of fused-ring (bicyclic) bond motifs is 1. The van der Waals surface area contributed by atoms with E-state index in [0.29, 0.717) is 29.4 Å². The first-order chi connectivity index (χ1) is 13.1. The SMILES string of the molecule is CC(O)CNc1nc(Nc2ccc(Cl)cc2)c2ncn(C3CCCC3)c2n1. The number of anilines is 3. The number of halogens is 1. The van der Waals surface area contributed by atoms with E-state index >= 15 is 0 Å². The molecule has 4 rings (SSSR count). The summed E-state index contributed by atoms with van der Waals surface area (Å²) in [6, 6.07) is 7.87. The van der Waals surface area contributed by atoms with Gasteiger partial charge in [0.15, 0.2) is 17.0 Å². The molecule has 0 saturated heterocycles. The van der Waals surface area contributed by atoms with Crippen molar-refractivity contribution in [2.75, 3.05) is 17.2 Å². The van der Waals surface area contributed by atoms with E-state index in [4.69, 9.17) is 11.6 Å². The maximum atomic E-state index is 9.58. The second kappa shape index (κ2) is 7.70. The fourth-order valence-electron chi connectivity index (χ4n) is 3.44. The number of rotatable bonds is 6. The summed E-state index contributed by atoms with van der Waals surface area (Å²) in [6.45, 7) is 2.10. The van der Waals surface area contributed by atoms with Gasteiger partial charge in [0.25, 0.3) is 0 Å². The number of aromatic nitrogens is 4. The summed E-state index contributed by atoms with van der Waals surface area (Å²) in [5, 5.41) is 16.7. The Kier molecular flexibility index (Phi) is 5.13. The van der Waals surface area contributed by atoms with Gasteiger partial charge in [-0.05, 0) is 44.0 Å². The van der Waals surface area contributed by atoms with Gasteiger partial charge >= 0.3 is 0 Å². The van der Waals surface area contributed by atoms with Crippen LogP contribution in [0.3, 0.4) is 0 Å². The van der Waals surface area contributed by atoms with Crippen LogP contribution in [-0.4, -0.2) is 37.3 Å². The molecule has 3 aromatic rings. The van der Waals surface area contributed by atoms with Crippen LogP contribution < -0.4 is 10.6 Å². The Morgan fingerprint density at radius 1 is 1.22 bits per heavy atom. The molecular formula is C19H23ClN6O. The minimum atomic E-state index is -0.489. The molecule has 0 bridgehead atoms. The van der Waals surface area contributed by atoms with Gasteiger partial charge in [-0.1, -0.05) is 24.4 Å². The van der Waals surface area contributed by atoms with Gasteiger partial charge in [-0.2, -0.15) is 9.97 Å². The van der Waals surface area contributed by atoms with Crippen molar-refractivity contribution in [1.29, 1.82) is 0 Å². The van der Waals surface area contributed by atoms with E-state index in [-0.39, 0.29) is 0 Å². The lowest BCUT2D eigenvalue weighted by Crippen LogP contribution is -2.17. The van der Waals surface area contributed by atoms with Gasteiger partial charge in [0, 0.05) is 23.3 Å². The highest BCUT2D eigenvalue weighted by molar-refractivity contribution is 6.30. The Bertz CT molecular complexity index is 918. The molecule has 1 aromatic carbocycles. The number of benzene rings is 1. The molecule has 1 aliphatic rings. The van der Waals surface area contributed by atoms with Gasteiger partial charge in [-0.15, -0.1) is 0 Å². The zero-order chi connectivity index (χ0) is 18.8. The summed E-state index contributed by atoms with van der Waals surface area (Å²) in [5.74, 6) is 1.10. The van der Waals surface area contributed by atoms with E-state index in [1.54, 1.807) is 6.92 Å². The lowest BCUT2D eigenvalue weighted by Gasteiger charge is -2.14. The van der Waals surface area contributed by atoms with Crippen LogP contribution >= 0.6 is 11.6 Å². The molecule has 1 fully saturated rings. The Balaban J connectivity index is 1.74. The topological polar surface area (TPSA) is 87.9 Å². The number of aliphatic hydroxyl groups excluding tert-OH is 1. The van der Waals surface area contributed by atoms with Crippen LogP contribution in [0.1, 0.15) is 38.6 Å². The first-order valence-corrected chi connectivity index (χ1v) is 9.67. The van der Waals surface area contributed by atoms with Gasteiger partial charge in [0.2, 0.25) is 5.95 Å². The summed E-state index contributed by atoms with van der Waals surface area (Å²) < 4.78 is 2.16. The summed E-state index contributed by atoms with van der Waals surface area (Å²) in [6.07, 6.45) is 6.13. The van der Waals surface area contributed by atoms with E-state index in [0.717, 1.165) is 29.7 Å². The van der Waals surface area contributed by atoms with Gasteiger partial charge in [-0.3, -0.25) is 0 Å². The Morgan fingerprint density at radius 3 is 2.67 bits per heavy atom. The van der Waals surface area contributed by atoms with Crippen LogP contribution in [-0.2, 0) is 0 Å². The first kappa shape index (κ1) is 18.0. The third kappa shape index (κ3) is 3.99. The van der Waals surface area contributed by atoms with Crippen molar-refractivity contribution in [2.45, 2.75) is 44.8 Å². The molecule has 2 aromatic heterocycles. The van der Waals surface area contributed by atoms with Crippen LogP contribution in [0.5, 0.6) is 0 Å². The second-order valence-electron chi connectivity index (χ2n) is 7.02. The zero-order valence-corrected chi connectivity index (χ0v) is 15.9. The number of aliphatic hydroxyl groups is 1. The molecular weight excluding hydrogens is 364 g/mol. The van der Waals surface area contributed by atoms with Crippen molar-refractivity contribution in [3.05, 3.63) is 35.6 Å². The summed E-state index contributed by atoms with van der Waals surface area (Å²) >= 11 is 5.98. The fraction of sp³-hybridized carbons (Fsp3) is 0.421. The number of nitrogens with zero attached hydrogens (tertiary/aromatic N) is 4. The summed E-state index contributed by atoms with van der Waals surface area (Å²) in [4.78, 5) is 13.8. The molecule has 1 aliphatic carbocycles. The summed E-state index contributed by atoms with van der Waals surface area (Å²) in [7, 11) is 0. The van der Waals surface area contributed by atoms with Crippen molar-refractivity contribution in [1.82, 2.24) is 19.5 Å². The molecule has 0 spiro atoms. The average molecular weight is 387 g/mol. The Morgan fingerprint density at radius 2 is 1.96 bits per heavy atom. The predicted molar refractivity (Wildman–Crippen MR) is 108 cm³/mol. The molecule has 0 aliphatic heterocycles. The van der Waals surface area contributed by atoms with Gasteiger partial charge < -0.3 is 20.3 Å². The molecule has 1 unspecified atom stereocenters. The highest BCUT2D eigenvalue weighted by Gasteiger charge is 2.22. The van der Waals surface area contributed by atoms with Gasteiger partial charge in [0.1, 0.15) is 0 Å². The van der Waals surface area contributed by atoms with Crippen molar-refractivity contribution in [3.63, 3.8) is 0 Å².